The number of alkyl halides is 3. The molecule has 0 unspecified atom stereocenters. The van der Waals surface area contributed by atoms with E-state index in [0.717, 1.165) is 10.6 Å². The van der Waals surface area contributed by atoms with Crippen molar-refractivity contribution in [2.24, 2.45) is 0 Å². The largest absolute Gasteiger partial charge is 0.492 e. The molecule has 32 heavy (non-hydrogen) atoms. The average Bonchev–Trinajstić information content (AvgIpc) is 3.17. The van der Waals surface area contributed by atoms with Crippen LogP contribution in [0.2, 0.25) is 0 Å². The Morgan fingerprint density at radius 2 is 1.84 bits per heavy atom. The fourth-order valence-electron chi connectivity index (χ4n) is 3.12. The predicted octanol–water partition coefficient (Wildman–Crippen LogP) is 4.06. The lowest BCUT2D eigenvalue weighted by Gasteiger charge is -2.25. The second-order valence-corrected chi connectivity index (χ2v) is 9.30. The summed E-state index contributed by atoms with van der Waals surface area (Å²) in [5.41, 5.74) is 1.32. The van der Waals surface area contributed by atoms with Gasteiger partial charge in [-0.25, -0.2) is 13.2 Å². The van der Waals surface area contributed by atoms with E-state index in [1.165, 1.54) is 12.1 Å². The van der Waals surface area contributed by atoms with Gasteiger partial charge in [0.05, 0.1) is 10.4 Å². The zero-order valence-electron chi connectivity index (χ0n) is 17.4. The fourth-order valence-corrected chi connectivity index (χ4v) is 4.48. The van der Waals surface area contributed by atoms with Crippen LogP contribution in [0.1, 0.15) is 25.8 Å². The number of hydroxylamine groups is 2. The van der Waals surface area contributed by atoms with Crippen molar-refractivity contribution in [1.29, 1.82) is 0 Å². The Kier molecular flexibility index (Phi) is 6.89. The lowest BCUT2D eigenvalue weighted by atomic mass is 10.1. The molecule has 0 amide bonds. The third-order valence-corrected chi connectivity index (χ3v) is 6.46. The van der Waals surface area contributed by atoms with Crippen LogP contribution in [0, 0.1) is 0 Å². The lowest BCUT2D eigenvalue weighted by Crippen LogP contribution is -2.39. The van der Waals surface area contributed by atoms with Crippen LogP contribution in [0.3, 0.4) is 0 Å². The van der Waals surface area contributed by atoms with Crippen molar-refractivity contribution in [3.63, 3.8) is 0 Å². The molecule has 0 spiro atoms. The van der Waals surface area contributed by atoms with E-state index in [2.05, 4.69) is 15.0 Å². The lowest BCUT2D eigenvalue weighted by molar-refractivity contribution is -0.244. The molecule has 3 rings (SSSR count). The number of aromatic nitrogens is 2. The topological polar surface area (TPSA) is 92.4 Å². The molecular weight excluding hydrogens is 447 g/mol. The predicted molar refractivity (Wildman–Crippen MR) is 110 cm³/mol. The highest BCUT2D eigenvalue weighted by molar-refractivity contribution is 7.91. The van der Waals surface area contributed by atoms with Gasteiger partial charge in [-0.05, 0) is 56.5 Å². The maximum absolute atomic E-state index is 13.0. The Morgan fingerprint density at radius 1 is 1.16 bits per heavy atom. The molecule has 2 aromatic carbocycles. The number of rotatable bonds is 8. The number of aryl methyl sites for hydroxylation is 1. The standard InChI is InChI=1S/C21H22F3N3O4S/c1-14(2)27(31-20(28)21(22,23)24)12-6-7-15-10-11-18-17(13-15)19(26-25-18)32(29,30)16-8-4-3-5-9-16/h3-5,8-11,13-14H,6-7,12H2,1-2H3,(H,25,26). The number of aromatic amines is 1. The van der Waals surface area contributed by atoms with Crippen LogP contribution in [0.15, 0.2) is 58.5 Å². The second-order valence-electron chi connectivity index (χ2n) is 7.44. The molecule has 0 bridgehead atoms. The third kappa shape index (κ3) is 5.28. The third-order valence-electron chi connectivity index (χ3n) is 4.75. The van der Waals surface area contributed by atoms with Crippen LogP contribution in [-0.4, -0.2) is 48.4 Å². The highest BCUT2D eigenvalue weighted by Crippen LogP contribution is 2.27. The molecule has 0 aliphatic rings. The number of nitrogens with zero attached hydrogens (tertiary/aromatic N) is 2. The minimum Gasteiger partial charge on any atom is -0.361 e. The average molecular weight is 469 g/mol. The van der Waals surface area contributed by atoms with Gasteiger partial charge < -0.3 is 4.84 Å². The van der Waals surface area contributed by atoms with Crippen molar-refractivity contribution in [2.75, 3.05) is 6.54 Å². The maximum Gasteiger partial charge on any atom is 0.492 e. The van der Waals surface area contributed by atoms with Gasteiger partial charge in [0.2, 0.25) is 9.84 Å². The SMILES string of the molecule is CC(C)N(CCCc1ccc2[nH]nc(S(=O)(=O)c3ccccc3)c2c1)OC(=O)C(F)(F)F. The summed E-state index contributed by atoms with van der Waals surface area (Å²) >= 11 is 0. The number of halogens is 3. The molecule has 172 valence electrons. The van der Waals surface area contributed by atoms with E-state index in [1.54, 1.807) is 50.2 Å². The number of sulfone groups is 1. The van der Waals surface area contributed by atoms with E-state index in [-0.39, 0.29) is 16.5 Å². The number of hydrogen-bond donors (Lipinski definition) is 1. The van der Waals surface area contributed by atoms with Crippen LogP contribution in [0.25, 0.3) is 10.9 Å². The first kappa shape index (κ1) is 23.7. The van der Waals surface area contributed by atoms with E-state index in [1.807, 2.05) is 0 Å². The number of benzene rings is 2. The van der Waals surface area contributed by atoms with Gasteiger partial charge in [0.15, 0.2) is 5.03 Å². The van der Waals surface area contributed by atoms with Crippen molar-refractivity contribution >= 4 is 26.7 Å². The molecule has 0 atom stereocenters. The van der Waals surface area contributed by atoms with Crippen LogP contribution < -0.4 is 0 Å². The van der Waals surface area contributed by atoms with Crippen molar-refractivity contribution < 1.29 is 31.2 Å². The number of H-pyrrole nitrogens is 1. The Bertz CT molecular complexity index is 1190. The van der Waals surface area contributed by atoms with Crippen LogP contribution >= 0.6 is 0 Å². The normalized spacial score (nSPS) is 12.6. The minimum absolute atomic E-state index is 0.0814. The summed E-state index contributed by atoms with van der Waals surface area (Å²) in [4.78, 5) is 15.7. The molecule has 0 fully saturated rings. The molecule has 0 radical (unpaired) electrons. The van der Waals surface area contributed by atoms with Gasteiger partial charge in [-0.1, -0.05) is 24.3 Å². The zero-order chi connectivity index (χ0) is 23.5. The summed E-state index contributed by atoms with van der Waals surface area (Å²) in [6, 6.07) is 12.7. The van der Waals surface area contributed by atoms with Gasteiger partial charge in [-0.15, -0.1) is 5.06 Å². The summed E-state index contributed by atoms with van der Waals surface area (Å²) in [6.45, 7) is 3.31. The molecule has 1 heterocycles. The van der Waals surface area contributed by atoms with Gasteiger partial charge in [0.1, 0.15) is 0 Å². The Labute approximate surface area is 183 Å². The summed E-state index contributed by atoms with van der Waals surface area (Å²) in [5, 5.41) is 8.02. The number of fused-ring (bicyclic) bond motifs is 1. The molecule has 1 N–H and O–H groups in total. The van der Waals surface area contributed by atoms with E-state index in [4.69, 9.17) is 0 Å². The molecule has 7 nitrogen and oxygen atoms in total. The Balaban J connectivity index is 1.75. The quantitative estimate of drug-likeness (QED) is 0.500. The highest BCUT2D eigenvalue weighted by atomic mass is 32.2. The van der Waals surface area contributed by atoms with Crippen LogP contribution in [0.5, 0.6) is 0 Å². The Hall–Kier alpha value is -2.92. The van der Waals surface area contributed by atoms with Crippen molar-refractivity contribution in [2.45, 2.75) is 48.8 Å². The number of nitrogens with one attached hydrogen (secondary N) is 1. The summed E-state index contributed by atoms with van der Waals surface area (Å²) < 4.78 is 63.3. The molecule has 11 heteroatoms. The molecule has 3 aromatic rings. The van der Waals surface area contributed by atoms with Gasteiger partial charge in [-0.3, -0.25) is 5.10 Å². The molecule has 1 aromatic heterocycles. The van der Waals surface area contributed by atoms with Gasteiger partial charge in [0.25, 0.3) is 0 Å². The first-order valence-electron chi connectivity index (χ1n) is 9.83. The number of carbonyl (C=O) groups excluding carboxylic acids is 1. The smallest absolute Gasteiger partial charge is 0.361 e. The second kappa shape index (κ2) is 9.29. The maximum atomic E-state index is 13.0. The van der Waals surface area contributed by atoms with Gasteiger partial charge >= 0.3 is 12.1 Å². The summed E-state index contributed by atoms with van der Waals surface area (Å²) in [7, 11) is -3.83. The van der Waals surface area contributed by atoms with Crippen molar-refractivity contribution in [1.82, 2.24) is 15.3 Å². The first-order chi connectivity index (χ1) is 15.0. The molecule has 0 saturated heterocycles. The Morgan fingerprint density at radius 3 is 2.47 bits per heavy atom. The van der Waals surface area contributed by atoms with E-state index < -0.39 is 28.0 Å². The van der Waals surface area contributed by atoms with Crippen molar-refractivity contribution in [3.05, 3.63) is 54.1 Å². The molecular formula is C21H22F3N3O4S. The monoisotopic (exact) mass is 469 g/mol. The fraction of sp³-hybridized carbons (Fsp3) is 0.333. The molecule has 0 aliphatic heterocycles. The van der Waals surface area contributed by atoms with Crippen molar-refractivity contribution in [3.8, 4) is 0 Å². The number of carbonyl (C=O) groups is 1. The van der Waals surface area contributed by atoms with Crippen LogP contribution in [0.4, 0.5) is 13.2 Å². The van der Waals surface area contributed by atoms with E-state index in [0.29, 0.717) is 23.7 Å². The van der Waals surface area contributed by atoms with E-state index in [9.17, 15) is 26.4 Å². The molecule has 0 aliphatic carbocycles. The summed E-state index contributed by atoms with van der Waals surface area (Å²) in [5.74, 6) is -2.26. The highest BCUT2D eigenvalue weighted by Gasteiger charge is 2.42. The molecule has 0 saturated carbocycles. The van der Waals surface area contributed by atoms with Gasteiger partial charge in [-0.2, -0.15) is 18.3 Å². The van der Waals surface area contributed by atoms with Gasteiger partial charge in [0, 0.05) is 18.0 Å². The zero-order valence-corrected chi connectivity index (χ0v) is 18.2. The minimum atomic E-state index is -5.07. The van der Waals surface area contributed by atoms with E-state index >= 15 is 0 Å². The van der Waals surface area contributed by atoms with Crippen LogP contribution in [-0.2, 0) is 25.9 Å². The number of hydrogen-bond acceptors (Lipinski definition) is 6. The first-order valence-corrected chi connectivity index (χ1v) is 11.3. The summed E-state index contributed by atoms with van der Waals surface area (Å²) in [6.07, 6.45) is -4.26.